The molecule has 0 radical (unpaired) electrons. The quantitative estimate of drug-likeness (QED) is 0.827. The standard InChI is InChI=1S/C14H15N3O2/c1-9-5-10(8-16-7-9)17-14(18)12-6-11(19-2)3-4-13(12)15/h3-8H,15H2,1-2H3,(H,17,18). The first-order valence-electron chi connectivity index (χ1n) is 5.76. The predicted molar refractivity (Wildman–Crippen MR) is 74.3 cm³/mol. The van der Waals surface area contributed by atoms with E-state index < -0.39 is 0 Å². The molecular formula is C14H15N3O2. The van der Waals surface area contributed by atoms with E-state index in [4.69, 9.17) is 10.5 Å². The largest absolute Gasteiger partial charge is 0.497 e. The Bertz CT molecular complexity index is 611. The van der Waals surface area contributed by atoms with Gasteiger partial charge in [0.2, 0.25) is 0 Å². The topological polar surface area (TPSA) is 77.2 Å². The monoisotopic (exact) mass is 257 g/mol. The second-order valence-electron chi connectivity index (χ2n) is 4.16. The number of nitrogens with one attached hydrogen (secondary N) is 1. The minimum Gasteiger partial charge on any atom is -0.497 e. The number of hydrogen-bond donors (Lipinski definition) is 2. The van der Waals surface area contributed by atoms with Crippen LogP contribution in [0.5, 0.6) is 5.75 Å². The molecule has 1 aromatic heterocycles. The highest BCUT2D eigenvalue weighted by molar-refractivity contribution is 6.07. The average Bonchev–Trinajstić information content (AvgIpc) is 2.39. The lowest BCUT2D eigenvalue weighted by Crippen LogP contribution is -2.14. The zero-order valence-corrected chi connectivity index (χ0v) is 10.8. The van der Waals surface area contributed by atoms with Gasteiger partial charge in [0, 0.05) is 11.9 Å². The Balaban J connectivity index is 2.25. The van der Waals surface area contributed by atoms with Gasteiger partial charge in [0.05, 0.1) is 24.6 Å². The van der Waals surface area contributed by atoms with Crippen LogP contribution in [0.1, 0.15) is 15.9 Å². The number of carbonyl (C=O) groups is 1. The van der Waals surface area contributed by atoms with E-state index >= 15 is 0 Å². The highest BCUT2D eigenvalue weighted by Gasteiger charge is 2.11. The summed E-state index contributed by atoms with van der Waals surface area (Å²) in [6.07, 6.45) is 3.30. The molecule has 2 rings (SSSR count). The lowest BCUT2D eigenvalue weighted by molar-refractivity contribution is 0.102. The van der Waals surface area contributed by atoms with Crippen LogP contribution >= 0.6 is 0 Å². The molecule has 5 nitrogen and oxygen atoms in total. The van der Waals surface area contributed by atoms with Gasteiger partial charge >= 0.3 is 0 Å². The molecular weight excluding hydrogens is 242 g/mol. The molecule has 19 heavy (non-hydrogen) atoms. The number of pyridine rings is 1. The van der Waals surface area contributed by atoms with Crippen LogP contribution in [0.3, 0.4) is 0 Å². The normalized spacial score (nSPS) is 10.0. The summed E-state index contributed by atoms with van der Waals surface area (Å²) in [7, 11) is 1.54. The number of methoxy groups -OCH3 is 1. The minimum absolute atomic E-state index is 0.288. The molecule has 98 valence electrons. The molecule has 1 heterocycles. The molecule has 0 aliphatic rings. The molecule has 1 aromatic carbocycles. The number of nitrogen functional groups attached to an aromatic ring is 1. The number of aryl methyl sites for hydroxylation is 1. The summed E-state index contributed by atoms with van der Waals surface area (Å²) >= 11 is 0. The molecule has 0 unspecified atom stereocenters. The van der Waals surface area contributed by atoms with Gasteiger partial charge in [-0.15, -0.1) is 0 Å². The molecule has 0 fully saturated rings. The van der Waals surface area contributed by atoms with Gasteiger partial charge in [-0.25, -0.2) is 0 Å². The maximum absolute atomic E-state index is 12.1. The summed E-state index contributed by atoms with van der Waals surface area (Å²) in [4.78, 5) is 16.2. The molecule has 0 spiro atoms. The Morgan fingerprint density at radius 3 is 2.79 bits per heavy atom. The first kappa shape index (κ1) is 12.9. The van der Waals surface area contributed by atoms with E-state index in [0.717, 1.165) is 5.56 Å². The number of hydrogen-bond acceptors (Lipinski definition) is 4. The molecule has 0 atom stereocenters. The van der Waals surface area contributed by atoms with Crippen molar-refractivity contribution in [2.24, 2.45) is 0 Å². The Hall–Kier alpha value is -2.56. The van der Waals surface area contributed by atoms with Crippen molar-refractivity contribution in [2.45, 2.75) is 6.92 Å². The lowest BCUT2D eigenvalue weighted by Gasteiger charge is -2.09. The fraction of sp³-hybridized carbons (Fsp3) is 0.143. The van der Waals surface area contributed by atoms with E-state index in [2.05, 4.69) is 10.3 Å². The highest BCUT2D eigenvalue weighted by Crippen LogP contribution is 2.20. The van der Waals surface area contributed by atoms with Crippen molar-refractivity contribution in [3.63, 3.8) is 0 Å². The van der Waals surface area contributed by atoms with E-state index in [-0.39, 0.29) is 5.91 Å². The third-order valence-corrected chi connectivity index (χ3v) is 2.64. The Morgan fingerprint density at radius 2 is 2.11 bits per heavy atom. The summed E-state index contributed by atoms with van der Waals surface area (Å²) < 4.78 is 5.08. The number of rotatable bonds is 3. The Kier molecular flexibility index (Phi) is 3.66. The molecule has 0 aliphatic carbocycles. The maximum atomic E-state index is 12.1. The predicted octanol–water partition coefficient (Wildman–Crippen LogP) is 2.23. The van der Waals surface area contributed by atoms with Gasteiger partial charge in [0.15, 0.2) is 0 Å². The van der Waals surface area contributed by atoms with Gasteiger partial charge in [-0.05, 0) is 36.8 Å². The Labute approximate surface area is 111 Å². The fourth-order valence-electron chi connectivity index (χ4n) is 1.68. The van der Waals surface area contributed by atoms with Crippen molar-refractivity contribution in [3.05, 3.63) is 47.8 Å². The number of carbonyl (C=O) groups excluding carboxylic acids is 1. The van der Waals surface area contributed by atoms with Gasteiger partial charge in [-0.2, -0.15) is 0 Å². The maximum Gasteiger partial charge on any atom is 0.257 e. The first-order valence-corrected chi connectivity index (χ1v) is 5.76. The van der Waals surface area contributed by atoms with Gasteiger partial charge in [0.1, 0.15) is 5.75 Å². The van der Waals surface area contributed by atoms with Crippen molar-refractivity contribution in [2.75, 3.05) is 18.2 Å². The highest BCUT2D eigenvalue weighted by atomic mass is 16.5. The molecule has 1 amide bonds. The van der Waals surface area contributed by atoms with Crippen molar-refractivity contribution in [3.8, 4) is 5.75 Å². The molecule has 0 saturated carbocycles. The van der Waals surface area contributed by atoms with Crippen LogP contribution in [0.25, 0.3) is 0 Å². The molecule has 0 saturated heterocycles. The Morgan fingerprint density at radius 1 is 1.32 bits per heavy atom. The third-order valence-electron chi connectivity index (χ3n) is 2.64. The number of ether oxygens (including phenoxy) is 1. The van der Waals surface area contributed by atoms with Gasteiger partial charge in [0.25, 0.3) is 5.91 Å². The number of benzene rings is 1. The summed E-state index contributed by atoms with van der Waals surface area (Å²) in [6, 6.07) is 6.79. The summed E-state index contributed by atoms with van der Waals surface area (Å²) in [6.45, 7) is 1.91. The van der Waals surface area contributed by atoms with Crippen LogP contribution in [0.2, 0.25) is 0 Å². The number of nitrogens with two attached hydrogens (primary N) is 1. The summed E-state index contributed by atoms with van der Waals surface area (Å²) in [5, 5.41) is 2.75. The van der Waals surface area contributed by atoms with Crippen LogP contribution in [0.4, 0.5) is 11.4 Å². The van der Waals surface area contributed by atoms with E-state index in [9.17, 15) is 4.79 Å². The van der Waals surface area contributed by atoms with Gasteiger partial charge < -0.3 is 15.8 Å². The van der Waals surface area contributed by atoms with E-state index in [1.807, 2.05) is 13.0 Å². The summed E-state index contributed by atoms with van der Waals surface area (Å²) in [5.74, 6) is 0.297. The SMILES string of the molecule is COc1ccc(N)c(C(=O)Nc2cncc(C)c2)c1. The van der Waals surface area contributed by atoms with Crippen molar-refractivity contribution < 1.29 is 9.53 Å². The summed E-state index contributed by atoms with van der Waals surface area (Å²) in [5.41, 5.74) is 8.17. The zero-order chi connectivity index (χ0) is 13.8. The van der Waals surface area contributed by atoms with Crippen molar-refractivity contribution >= 4 is 17.3 Å². The molecule has 0 bridgehead atoms. The smallest absolute Gasteiger partial charge is 0.257 e. The van der Waals surface area contributed by atoms with Crippen LogP contribution < -0.4 is 15.8 Å². The van der Waals surface area contributed by atoms with Gasteiger partial charge in [-0.1, -0.05) is 0 Å². The van der Waals surface area contributed by atoms with E-state index in [1.165, 1.54) is 7.11 Å². The van der Waals surface area contributed by atoms with Crippen LogP contribution in [0, 0.1) is 6.92 Å². The fourth-order valence-corrected chi connectivity index (χ4v) is 1.68. The van der Waals surface area contributed by atoms with Crippen LogP contribution in [0.15, 0.2) is 36.7 Å². The average molecular weight is 257 g/mol. The number of amides is 1. The van der Waals surface area contributed by atoms with Crippen LogP contribution in [-0.4, -0.2) is 18.0 Å². The second kappa shape index (κ2) is 5.39. The first-order chi connectivity index (χ1) is 9.10. The minimum atomic E-state index is -0.288. The third kappa shape index (κ3) is 3.01. The molecule has 3 N–H and O–H groups in total. The number of aromatic nitrogens is 1. The van der Waals surface area contributed by atoms with E-state index in [1.54, 1.807) is 30.6 Å². The number of nitrogens with zero attached hydrogens (tertiary/aromatic N) is 1. The molecule has 2 aromatic rings. The van der Waals surface area contributed by atoms with Crippen molar-refractivity contribution in [1.29, 1.82) is 0 Å². The zero-order valence-electron chi connectivity index (χ0n) is 10.8. The van der Waals surface area contributed by atoms with Crippen molar-refractivity contribution in [1.82, 2.24) is 4.98 Å². The number of anilines is 2. The molecule has 5 heteroatoms. The second-order valence-corrected chi connectivity index (χ2v) is 4.16. The lowest BCUT2D eigenvalue weighted by atomic mass is 10.1. The molecule has 0 aliphatic heterocycles. The van der Waals surface area contributed by atoms with E-state index in [0.29, 0.717) is 22.7 Å². The van der Waals surface area contributed by atoms with Gasteiger partial charge in [-0.3, -0.25) is 9.78 Å². The van der Waals surface area contributed by atoms with Crippen LogP contribution in [-0.2, 0) is 0 Å².